The van der Waals surface area contributed by atoms with Crippen LogP contribution >= 0.6 is 0 Å². The molecule has 0 aromatic rings. The molecule has 0 spiro atoms. The molecule has 4 aliphatic heterocycles. The predicted octanol–water partition coefficient (Wildman–Crippen LogP) is -3.63. The Morgan fingerprint density at radius 2 is 0.571 bits per heavy atom. The normalized spacial score (nSPS) is 46.9. The van der Waals surface area contributed by atoms with Crippen LogP contribution in [0.4, 0.5) is 0 Å². The summed E-state index contributed by atoms with van der Waals surface area (Å²) in [6, 6.07) is 0. The van der Waals surface area contributed by atoms with Gasteiger partial charge in [-0.1, -0.05) is 0 Å². The van der Waals surface area contributed by atoms with E-state index >= 15 is 0 Å². The van der Waals surface area contributed by atoms with Crippen LogP contribution in [0.1, 0.15) is 27.7 Å². The van der Waals surface area contributed by atoms with E-state index in [0.29, 0.717) is 26.4 Å². The third-order valence-electron chi connectivity index (χ3n) is 2.20. The van der Waals surface area contributed by atoms with Crippen molar-refractivity contribution in [2.75, 3.05) is 26.4 Å². The molecule has 0 aliphatic carbocycles. The third-order valence-corrected chi connectivity index (χ3v) is 2.20. The third kappa shape index (κ3) is 16.6. The van der Waals surface area contributed by atoms with E-state index < -0.39 is 23.1 Å². The first-order chi connectivity index (χ1) is 8.83. The maximum atomic E-state index is 9.99. The summed E-state index contributed by atoms with van der Waals surface area (Å²) < 4.78 is 17.4. The van der Waals surface area contributed by atoms with Gasteiger partial charge in [-0.2, -0.15) is 0 Å². The van der Waals surface area contributed by atoms with Gasteiger partial charge in [-0.15, -0.1) is 0 Å². The Kier molecular flexibility index (Phi) is 7.45. The second-order valence-electron chi connectivity index (χ2n) is 5.69. The Morgan fingerprint density at radius 1 is 0.524 bits per heavy atom. The molecule has 9 heteroatoms. The molecule has 0 bridgehead atoms. The maximum absolute atomic E-state index is 9.99. The van der Waals surface area contributed by atoms with E-state index in [0.717, 1.165) is 0 Å². The van der Waals surface area contributed by atoms with Gasteiger partial charge in [0.05, 0.1) is 26.4 Å². The standard InChI is InChI=1S/4C3H5O2.Ti/c4*1-3(4)2-5-3;/h4*2H2,1H3;/q4*-1;+4. The van der Waals surface area contributed by atoms with Crippen molar-refractivity contribution in [3.05, 3.63) is 0 Å². The van der Waals surface area contributed by atoms with Gasteiger partial charge in [-0.25, -0.2) is 0 Å². The maximum Gasteiger partial charge on any atom is 4.00 e. The minimum absolute atomic E-state index is 0. The molecule has 4 aliphatic rings. The first-order valence-electron chi connectivity index (χ1n) is 6.20. The van der Waals surface area contributed by atoms with Crippen LogP contribution in [-0.2, 0) is 40.7 Å². The molecule has 4 rings (SSSR count). The molecule has 0 radical (unpaired) electrons. The number of hydrogen-bond donors (Lipinski definition) is 0. The fraction of sp³-hybridized carbons (Fsp3) is 1.00. The van der Waals surface area contributed by atoms with Gasteiger partial charge in [0.25, 0.3) is 0 Å². The molecule has 0 amide bonds. The van der Waals surface area contributed by atoms with E-state index in [2.05, 4.69) is 18.9 Å². The monoisotopic (exact) mass is 340 g/mol. The van der Waals surface area contributed by atoms with E-state index in [4.69, 9.17) is 0 Å². The van der Waals surface area contributed by atoms with Gasteiger partial charge < -0.3 is 39.4 Å². The van der Waals surface area contributed by atoms with E-state index in [1.54, 1.807) is 0 Å². The Hall–Kier alpha value is 0.394. The summed E-state index contributed by atoms with van der Waals surface area (Å²) in [5.74, 6) is -4.00. The molecule has 4 unspecified atom stereocenters. The molecule has 0 aromatic carbocycles. The summed E-state index contributed by atoms with van der Waals surface area (Å²) in [6.45, 7) is 7.67. The molecule has 8 nitrogen and oxygen atoms in total. The van der Waals surface area contributed by atoms with Crippen LogP contribution in [0.3, 0.4) is 0 Å². The van der Waals surface area contributed by atoms with Crippen molar-refractivity contribution in [3.63, 3.8) is 0 Å². The average molecular weight is 340 g/mol. The van der Waals surface area contributed by atoms with Crippen LogP contribution in [0.25, 0.3) is 0 Å². The molecule has 4 fully saturated rings. The van der Waals surface area contributed by atoms with Gasteiger partial charge in [0.1, 0.15) is 0 Å². The fourth-order valence-electron chi connectivity index (χ4n) is 0.407. The topological polar surface area (TPSA) is 142 Å². The summed E-state index contributed by atoms with van der Waals surface area (Å²) >= 11 is 0. The molecule has 4 atom stereocenters. The zero-order valence-electron chi connectivity index (χ0n) is 12.6. The summed E-state index contributed by atoms with van der Waals surface area (Å²) in [7, 11) is 0. The van der Waals surface area contributed by atoms with E-state index in [9.17, 15) is 20.4 Å². The SMILES string of the molecule is CC1([O-])CO1.CC1([O-])CO1.CC1([O-])CO1.CC1([O-])CO1.[Ti+4]. The summed E-state index contributed by atoms with van der Waals surface area (Å²) in [6.07, 6.45) is 0. The van der Waals surface area contributed by atoms with Crippen LogP contribution in [0, 0.1) is 0 Å². The Balaban J connectivity index is 0.000000250. The molecule has 0 saturated carbocycles. The minimum Gasteiger partial charge on any atom is -0.827 e. The molecule has 4 heterocycles. The van der Waals surface area contributed by atoms with Crippen molar-refractivity contribution in [2.24, 2.45) is 0 Å². The number of hydrogen-bond acceptors (Lipinski definition) is 8. The largest absolute Gasteiger partial charge is 4.00 e. The predicted molar refractivity (Wildman–Crippen MR) is 57.4 cm³/mol. The van der Waals surface area contributed by atoms with Crippen molar-refractivity contribution in [1.29, 1.82) is 0 Å². The summed E-state index contributed by atoms with van der Waals surface area (Å²) in [5.41, 5.74) is 0. The molecular weight excluding hydrogens is 320 g/mol. The van der Waals surface area contributed by atoms with Gasteiger partial charge in [-0.3, -0.25) is 0 Å². The molecule has 0 aromatic heterocycles. The van der Waals surface area contributed by atoms with Gasteiger partial charge in [0, 0.05) is 23.1 Å². The van der Waals surface area contributed by atoms with Crippen molar-refractivity contribution in [1.82, 2.24) is 0 Å². The first kappa shape index (κ1) is 21.4. The van der Waals surface area contributed by atoms with Gasteiger partial charge in [0.2, 0.25) is 0 Å². The van der Waals surface area contributed by atoms with Crippen molar-refractivity contribution in [2.45, 2.75) is 50.8 Å². The smallest absolute Gasteiger partial charge is 0.827 e. The fourth-order valence-corrected chi connectivity index (χ4v) is 0.407. The van der Waals surface area contributed by atoms with E-state index in [1.807, 2.05) is 0 Å². The Morgan fingerprint density at radius 3 is 0.571 bits per heavy atom. The van der Waals surface area contributed by atoms with Crippen molar-refractivity contribution < 1.29 is 61.1 Å². The number of epoxide rings is 4. The van der Waals surface area contributed by atoms with Crippen LogP contribution in [0.15, 0.2) is 0 Å². The average Bonchev–Trinajstić information content (AvgIpc) is 3.13. The molecule has 4 saturated heterocycles. The second kappa shape index (κ2) is 7.31. The first-order valence-corrected chi connectivity index (χ1v) is 6.20. The summed E-state index contributed by atoms with van der Waals surface area (Å²) in [5, 5.41) is 40.0. The van der Waals surface area contributed by atoms with E-state index in [-0.39, 0.29) is 21.7 Å². The summed E-state index contributed by atoms with van der Waals surface area (Å²) in [4.78, 5) is 0. The molecular formula is C12H20O8Ti. The minimum atomic E-state index is -1.00. The van der Waals surface area contributed by atoms with Gasteiger partial charge >= 0.3 is 21.7 Å². The Labute approximate surface area is 138 Å². The van der Waals surface area contributed by atoms with Crippen molar-refractivity contribution in [3.8, 4) is 0 Å². The number of rotatable bonds is 0. The van der Waals surface area contributed by atoms with Gasteiger partial charge in [0.15, 0.2) is 0 Å². The van der Waals surface area contributed by atoms with Crippen LogP contribution in [-0.4, -0.2) is 49.6 Å². The van der Waals surface area contributed by atoms with E-state index in [1.165, 1.54) is 27.7 Å². The number of ether oxygens (including phenoxy) is 4. The second-order valence-corrected chi connectivity index (χ2v) is 5.69. The van der Waals surface area contributed by atoms with Crippen LogP contribution in [0.2, 0.25) is 0 Å². The van der Waals surface area contributed by atoms with Crippen molar-refractivity contribution >= 4 is 0 Å². The zero-order chi connectivity index (χ0) is 15.7. The zero-order valence-corrected chi connectivity index (χ0v) is 14.2. The van der Waals surface area contributed by atoms with Gasteiger partial charge in [-0.05, 0) is 27.7 Å². The Bertz CT molecular complexity index is 241. The molecule has 0 N–H and O–H groups in total. The van der Waals surface area contributed by atoms with Crippen LogP contribution < -0.4 is 20.4 Å². The molecule has 120 valence electrons. The quantitative estimate of drug-likeness (QED) is 0.325. The molecule has 21 heavy (non-hydrogen) atoms. The van der Waals surface area contributed by atoms with Crippen LogP contribution in [0.5, 0.6) is 0 Å².